The van der Waals surface area contributed by atoms with E-state index in [2.05, 4.69) is 5.32 Å². The third-order valence-electron chi connectivity index (χ3n) is 3.01. The number of anilines is 1. The molecule has 0 aromatic heterocycles. The van der Waals surface area contributed by atoms with Crippen molar-refractivity contribution in [3.63, 3.8) is 0 Å². The molecule has 21 heavy (non-hydrogen) atoms. The molecule has 0 unspecified atom stereocenters. The fraction of sp³-hybridized carbons (Fsp3) is 0.133. The van der Waals surface area contributed by atoms with Crippen LogP contribution in [0, 0.1) is 24.4 Å². The summed E-state index contributed by atoms with van der Waals surface area (Å²) in [6.45, 7) is 1.70. The molecule has 2 aromatic rings. The molecule has 0 radical (unpaired) electrons. The molecule has 0 saturated heterocycles. The van der Waals surface area contributed by atoms with E-state index >= 15 is 0 Å². The average Bonchev–Trinajstić information content (AvgIpc) is 2.41. The Morgan fingerprint density at radius 1 is 1.10 bits per heavy atom. The molecular formula is C15H12F3NO2. The molecule has 0 heterocycles. The lowest BCUT2D eigenvalue weighted by molar-refractivity contribution is 0.0692. The van der Waals surface area contributed by atoms with Crippen molar-refractivity contribution >= 4 is 11.7 Å². The predicted octanol–water partition coefficient (Wildman–Crippen LogP) is 3.72. The van der Waals surface area contributed by atoms with Crippen molar-refractivity contribution in [3.8, 4) is 0 Å². The van der Waals surface area contributed by atoms with E-state index < -0.39 is 23.2 Å². The Labute approximate surface area is 119 Å². The summed E-state index contributed by atoms with van der Waals surface area (Å²) in [6.07, 6.45) is 0. The number of aromatic carboxylic acids is 1. The number of carboxylic acids is 1. The Balaban J connectivity index is 2.21. The average molecular weight is 295 g/mol. The van der Waals surface area contributed by atoms with E-state index in [0.717, 1.165) is 6.07 Å². The summed E-state index contributed by atoms with van der Waals surface area (Å²) in [5, 5.41) is 11.4. The summed E-state index contributed by atoms with van der Waals surface area (Å²) < 4.78 is 40.2. The van der Waals surface area contributed by atoms with Crippen molar-refractivity contribution in [2.75, 3.05) is 5.32 Å². The molecule has 0 fully saturated rings. The maximum atomic E-state index is 13.6. The quantitative estimate of drug-likeness (QED) is 0.903. The zero-order valence-electron chi connectivity index (χ0n) is 11.1. The summed E-state index contributed by atoms with van der Waals surface area (Å²) in [7, 11) is 0. The zero-order valence-corrected chi connectivity index (χ0v) is 11.1. The highest BCUT2D eigenvalue weighted by atomic mass is 19.1. The van der Waals surface area contributed by atoms with Crippen LogP contribution in [0.1, 0.15) is 21.5 Å². The van der Waals surface area contributed by atoms with E-state index in [9.17, 15) is 18.0 Å². The minimum absolute atomic E-state index is 0.0822. The largest absolute Gasteiger partial charge is 0.478 e. The first-order chi connectivity index (χ1) is 9.88. The number of benzene rings is 2. The molecule has 0 spiro atoms. The van der Waals surface area contributed by atoms with Gasteiger partial charge in [0.25, 0.3) is 0 Å². The maximum absolute atomic E-state index is 13.6. The highest BCUT2D eigenvalue weighted by Gasteiger charge is 2.15. The Bertz CT molecular complexity index is 702. The van der Waals surface area contributed by atoms with Gasteiger partial charge in [0.05, 0.1) is 11.3 Å². The SMILES string of the molecule is Cc1ccc(CNc2cc(C(=O)O)c(F)cc2F)cc1F. The number of halogens is 3. The van der Waals surface area contributed by atoms with Crippen LogP contribution >= 0.6 is 0 Å². The van der Waals surface area contributed by atoms with Crippen LogP contribution in [0.15, 0.2) is 30.3 Å². The van der Waals surface area contributed by atoms with Crippen LogP contribution in [0.2, 0.25) is 0 Å². The number of nitrogens with one attached hydrogen (secondary N) is 1. The Kier molecular flexibility index (Phi) is 4.16. The number of rotatable bonds is 4. The van der Waals surface area contributed by atoms with Gasteiger partial charge in [-0.25, -0.2) is 18.0 Å². The van der Waals surface area contributed by atoms with Crippen LogP contribution in [0.25, 0.3) is 0 Å². The molecule has 0 atom stereocenters. The van der Waals surface area contributed by atoms with Gasteiger partial charge in [-0.1, -0.05) is 12.1 Å². The molecule has 2 aromatic carbocycles. The summed E-state index contributed by atoms with van der Waals surface area (Å²) >= 11 is 0. The molecule has 3 nitrogen and oxygen atoms in total. The van der Waals surface area contributed by atoms with Gasteiger partial charge in [0.2, 0.25) is 0 Å². The van der Waals surface area contributed by atoms with E-state index in [-0.39, 0.29) is 18.0 Å². The third kappa shape index (κ3) is 3.34. The molecule has 2 rings (SSSR count). The lowest BCUT2D eigenvalue weighted by Crippen LogP contribution is -2.07. The molecule has 6 heteroatoms. The van der Waals surface area contributed by atoms with Crippen LogP contribution in [-0.2, 0) is 6.54 Å². The fourth-order valence-electron chi connectivity index (χ4n) is 1.79. The number of hydrogen-bond donors (Lipinski definition) is 2. The van der Waals surface area contributed by atoms with Crippen LogP contribution in [0.5, 0.6) is 0 Å². The standard InChI is InChI=1S/C15H12F3NO2/c1-8-2-3-9(4-11(8)16)7-19-14-5-10(15(20)21)12(17)6-13(14)18/h2-6,19H,7H2,1H3,(H,20,21). The maximum Gasteiger partial charge on any atom is 0.338 e. The molecule has 0 saturated carbocycles. The van der Waals surface area contributed by atoms with Gasteiger partial charge in [-0.05, 0) is 30.2 Å². The van der Waals surface area contributed by atoms with Gasteiger partial charge in [-0.15, -0.1) is 0 Å². The summed E-state index contributed by atoms with van der Waals surface area (Å²) in [4.78, 5) is 10.8. The van der Waals surface area contributed by atoms with Gasteiger partial charge in [-0.2, -0.15) is 0 Å². The third-order valence-corrected chi connectivity index (χ3v) is 3.01. The van der Waals surface area contributed by atoms with E-state index in [1.807, 2.05) is 0 Å². The van der Waals surface area contributed by atoms with E-state index in [0.29, 0.717) is 17.2 Å². The van der Waals surface area contributed by atoms with Crippen molar-refractivity contribution < 1.29 is 23.1 Å². The minimum atomic E-state index is -1.49. The first-order valence-corrected chi connectivity index (χ1v) is 6.09. The van der Waals surface area contributed by atoms with Crippen molar-refractivity contribution in [3.05, 3.63) is 64.5 Å². The Hall–Kier alpha value is -2.50. The van der Waals surface area contributed by atoms with Crippen LogP contribution in [-0.4, -0.2) is 11.1 Å². The van der Waals surface area contributed by atoms with E-state index in [1.165, 1.54) is 6.07 Å². The second-order valence-corrected chi connectivity index (χ2v) is 4.55. The summed E-state index contributed by atoms with van der Waals surface area (Å²) in [5.41, 5.74) is 0.252. The highest BCUT2D eigenvalue weighted by molar-refractivity contribution is 5.89. The van der Waals surface area contributed by atoms with Gasteiger partial charge in [0.15, 0.2) is 0 Å². The molecule has 2 N–H and O–H groups in total. The van der Waals surface area contributed by atoms with Gasteiger partial charge < -0.3 is 10.4 Å². The number of carboxylic acid groups (broad SMARTS) is 1. The normalized spacial score (nSPS) is 10.5. The Morgan fingerprint density at radius 3 is 2.43 bits per heavy atom. The monoisotopic (exact) mass is 295 g/mol. The second-order valence-electron chi connectivity index (χ2n) is 4.55. The number of aryl methyl sites for hydroxylation is 1. The van der Waals surface area contributed by atoms with Crippen LogP contribution in [0.3, 0.4) is 0 Å². The van der Waals surface area contributed by atoms with Crippen LogP contribution in [0.4, 0.5) is 18.9 Å². The molecule has 0 amide bonds. The zero-order chi connectivity index (χ0) is 15.6. The van der Waals surface area contributed by atoms with Gasteiger partial charge in [0, 0.05) is 12.6 Å². The lowest BCUT2D eigenvalue weighted by atomic mass is 10.1. The fourth-order valence-corrected chi connectivity index (χ4v) is 1.79. The highest BCUT2D eigenvalue weighted by Crippen LogP contribution is 2.20. The number of hydrogen-bond acceptors (Lipinski definition) is 2. The summed E-state index contributed by atoms with van der Waals surface area (Å²) in [5.74, 6) is -3.94. The number of carbonyl (C=O) groups is 1. The second kappa shape index (κ2) is 5.87. The van der Waals surface area contributed by atoms with Gasteiger partial charge in [0.1, 0.15) is 17.5 Å². The van der Waals surface area contributed by atoms with Crippen molar-refractivity contribution in [1.82, 2.24) is 0 Å². The molecule has 0 aliphatic heterocycles. The molecular weight excluding hydrogens is 283 g/mol. The molecule has 0 aliphatic rings. The van der Waals surface area contributed by atoms with Crippen molar-refractivity contribution in [1.29, 1.82) is 0 Å². The molecule has 0 bridgehead atoms. The summed E-state index contributed by atoms with van der Waals surface area (Å²) in [6, 6.07) is 5.90. The Morgan fingerprint density at radius 2 is 1.81 bits per heavy atom. The van der Waals surface area contributed by atoms with E-state index in [4.69, 9.17) is 5.11 Å². The van der Waals surface area contributed by atoms with E-state index in [1.54, 1.807) is 19.1 Å². The first kappa shape index (κ1) is 14.9. The predicted molar refractivity (Wildman–Crippen MR) is 71.8 cm³/mol. The van der Waals surface area contributed by atoms with Gasteiger partial charge in [-0.3, -0.25) is 0 Å². The van der Waals surface area contributed by atoms with Crippen molar-refractivity contribution in [2.24, 2.45) is 0 Å². The lowest BCUT2D eigenvalue weighted by Gasteiger charge is -2.10. The minimum Gasteiger partial charge on any atom is -0.478 e. The molecule has 0 aliphatic carbocycles. The van der Waals surface area contributed by atoms with Crippen LogP contribution < -0.4 is 5.32 Å². The molecule has 110 valence electrons. The van der Waals surface area contributed by atoms with Crippen molar-refractivity contribution in [2.45, 2.75) is 13.5 Å². The first-order valence-electron chi connectivity index (χ1n) is 6.09. The smallest absolute Gasteiger partial charge is 0.338 e. The topological polar surface area (TPSA) is 49.3 Å². The van der Waals surface area contributed by atoms with Gasteiger partial charge >= 0.3 is 5.97 Å².